The van der Waals surface area contributed by atoms with E-state index in [9.17, 15) is 0 Å². The average Bonchev–Trinajstić information content (AvgIpc) is 2.96. The van der Waals surface area contributed by atoms with Gasteiger partial charge < -0.3 is 5.32 Å². The summed E-state index contributed by atoms with van der Waals surface area (Å²) in [5, 5.41) is 3.46. The molecular formula is C13H20N2. The van der Waals surface area contributed by atoms with Crippen LogP contribution in [0.15, 0.2) is 18.2 Å². The van der Waals surface area contributed by atoms with Crippen molar-refractivity contribution in [1.82, 2.24) is 4.98 Å². The van der Waals surface area contributed by atoms with Gasteiger partial charge in [0.2, 0.25) is 0 Å². The maximum Gasteiger partial charge on any atom is 0.126 e. The molecular weight excluding hydrogens is 184 g/mol. The van der Waals surface area contributed by atoms with Crippen LogP contribution in [0.1, 0.15) is 32.4 Å². The van der Waals surface area contributed by atoms with Gasteiger partial charge in [-0.1, -0.05) is 19.9 Å². The topological polar surface area (TPSA) is 24.9 Å². The molecule has 1 aromatic rings. The highest BCUT2D eigenvalue weighted by atomic mass is 15.0. The lowest BCUT2D eigenvalue weighted by Gasteiger charge is -2.20. The fourth-order valence-corrected chi connectivity index (χ4v) is 2.03. The number of nitrogens with one attached hydrogen (secondary N) is 1. The van der Waals surface area contributed by atoms with Gasteiger partial charge in [-0.15, -0.1) is 0 Å². The second-order valence-corrected chi connectivity index (χ2v) is 5.03. The van der Waals surface area contributed by atoms with E-state index in [1.54, 1.807) is 0 Å². The molecule has 0 unspecified atom stereocenters. The first-order valence-corrected chi connectivity index (χ1v) is 5.80. The van der Waals surface area contributed by atoms with Crippen LogP contribution in [0.3, 0.4) is 0 Å². The van der Waals surface area contributed by atoms with E-state index in [4.69, 9.17) is 0 Å². The van der Waals surface area contributed by atoms with Gasteiger partial charge in [0.05, 0.1) is 0 Å². The molecule has 1 aromatic heterocycles. The third-order valence-electron chi connectivity index (χ3n) is 3.63. The minimum Gasteiger partial charge on any atom is -0.369 e. The quantitative estimate of drug-likeness (QED) is 0.814. The zero-order chi connectivity index (χ0) is 10.9. The van der Waals surface area contributed by atoms with Gasteiger partial charge in [0.25, 0.3) is 0 Å². The number of hydrogen-bond donors (Lipinski definition) is 1. The summed E-state index contributed by atoms with van der Waals surface area (Å²) in [4.78, 5) is 4.45. The zero-order valence-corrected chi connectivity index (χ0v) is 9.88. The maximum absolute atomic E-state index is 4.45. The largest absolute Gasteiger partial charge is 0.369 e. The number of nitrogens with zero attached hydrogens (tertiary/aromatic N) is 1. The number of hydrogen-bond acceptors (Lipinski definition) is 2. The van der Waals surface area contributed by atoms with Crippen molar-refractivity contribution < 1.29 is 0 Å². The smallest absolute Gasteiger partial charge is 0.126 e. The fourth-order valence-electron chi connectivity index (χ4n) is 2.03. The minimum atomic E-state index is 0.547. The predicted octanol–water partition coefficient (Wildman–Crippen LogP) is 3.24. The number of aryl methyl sites for hydroxylation is 1. The molecule has 1 aliphatic rings. The lowest BCUT2D eigenvalue weighted by Crippen LogP contribution is -2.21. The van der Waals surface area contributed by atoms with Gasteiger partial charge in [0.15, 0.2) is 0 Å². The summed E-state index contributed by atoms with van der Waals surface area (Å²) in [6.45, 7) is 7.73. The Morgan fingerprint density at radius 3 is 2.67 bits per heavy atom. The first-order chi connectivity index (χ1) is 7.12. The fraction of sp³-hybridized carbons (Fsp3) is 0.615. The Labute approximate surface area is 92.1 Å². The van der Waals surface area contributed by atoms with E-state index in [-0.39, 0.29) is 0 Å². The lowest BCUT2D eigenvalue weighted by atomic mass is 9.92. The summed E-state index contributed by atoms with van der Waals surface area (Å²) in [6.07, 6.45) is 2.73. The molecule has 0 saturated heterocycles. The van der Waals surface area contributed by atoms with Gasteiger partial charge in [-0.3, -0.25) is 0 Å². The Bertz CT molecular complexity index is 340. The van der Waals surface area contributed by atoms with E-state index in [0.29, 0.717) is 5.41 Å². The molecule has 0 spiro atoms. The van der Waals surface area contributed by atoms with Gasteiger partial charge in [-0.25, -0.2) is 4.98 Å². The highest BCUT2D eigenvalue weighted by Crippen LogP contribution is 2.51. The predicted molar refractivity (Wildman–Crippen MR) is 64.0 cm³/mol. The van der Waals surface area contributed by atoms with Crippen molar-refractivity contribution in [3.8, 4) is 0 Å². The SMILES string of the molecule is Cc1cccc(NCC2(C(C)C)CC2)n1. The Morgan fingerprint density at radius 1 is 1.40 bits per heavy atom. The van der Waals surface area contributed by atoms with Gasteiger partial charge in [0, 0.05) is 12.2 Å². The molecule has 0 amide bonds. The summed E-state index contributed by atoms with van der Waals surface area (Å²) < 4.78 is 0. The van der Waals surface area contributed by atoms with Crippen molar-refractivity contribution >= 4 is 5.82 Å². The van der Waals surface area contributed by atoms with Crippen molar-refractivity contribution in [3.63, 3.8) is 0 Å². The Morgan fingerprint density at radius 2 is 2.13 bits per heavy atom. The van der Waals surface area contributed by atoms with Gasteiger partial charge in [-0.2, -0.15) is 0 Å². The van der Waals surface area contributed by atoms with Crippen LogP contribution in [-0.4, -0.2) is 11.5 Å². The second kappa shape index (κ2) is 3.84. The zero-order valence-electron chi connectivity index (χ0n) is 9.88. The van der Waals surface area contributed by atoms with E-state index < -0.39 is 0 Å². The molecule has 0 aliphatic heterocycles. The van der Waals surface area contributed by atoms with Crippen LogP contribution < -0.4 is 5.32 Å². The maximum atomic E-state index is 4.45. The van der Waals surface area contributed by atoms with Gasteiger partial charge in [0.1, 0.15) is 5.82 Å². The molecule has 1 saturated carbocycles. The van der Waals surface area contributed by atoms with E-state index >= 15 is 0 Å². The van der Waals surface area contributed by atoms with Crippen LogP contribution in [-0.2, 0) is 0 Å². The number of anilines is 1. The van der Waals surface area contributed by atoms with Crippen LogP contribution in [0.2, 0.25) is 0 Å². The summed E-state index contributed by atoms with van der Waals surface area (Å²) in [6, 6.07) is 6.13. The summed E-state index contributed by atoms with van der Waals surface area (Å²) in [7, 11) is 0. The first kappa shape index (κ1) is 10.5. The molecule has 2 nitrogen and oxygen atoms in total. The highest BCUT2D eigenvalue weighted by molar-refractivity contribution is 5.35. The summed E-state index contributed by atoms with van der Waals surface area (Å²) in [5.41, 5.74) is 1.63. The normalized spacial score (nSPS) is 17.9. The molecule has 2 rings (SSSR count). The van der Waals surface area contributed by atoms with Crippen LogP contribution in [0.4, 0.5) is 5.82 Å². The number of aromatic nitrogens is 1. The third kappa shape index (κ3) is 2.31. The second-order valence-electron chi connectivity index (χ2n) is 5.03. The van der Waals surface area contributed by atoms with Gasteiger partial charge in [-0.05, 0) is 43.2 Å². The molecule has 0 bridgehead atoms. The number of pyridine rings is 1. The average molecular weight is 204 g/mol. The molecule has 0 atom stereocenters. The van der Waals surface area contributed by atoms with Crippen LogP contribution in [0.25, 0.3) is 0 Å². The molecule has 15 heavy (non-hydrogen) atoms. The summed E-state index contributed by atoms with van der Waals surface area (Å²) >= 11 is 0. The summed E-state index contributed by atoms with van der Waals surface area (Å²) in [5.74, 6) is 1.79. The minimum absolute atomic E-state index is 0.547. The van der Waals surface area contributed by atoms with Crippen molar-refractivity contribution in [2.45, 2.75) is 33.6 Å². The van der Waals surface area contributed by atoms with Gasteiger partial charge >= 0.3 is 0 Å². The van der Waals surface area contributed by atoms with Crippen molar-refractivity contribution in [3.05, 3.63) is 23.9 Å². The van der Waals surface area contributed by atoms with Crippen LogP contribution in [0, 0.1) is 18.3 Å². The molecule has 1 heterocycles. The Balaban J connectivity index is 1.94. The van der Waals surface area contributed by atoms with E-state index in [1.165, 1.54) is 12.8 Å². The van der Waals surface area contributed by atoms with E-state index in [2.05, 4.69) is 30.2 Å². The van der Waals surface area contributed by atoms with Crippen molar-refractivity contribution in [2.75, 3.05) is 11.9 Å². The van der Waals surface area contributed by atoms with Crippen molar-refractivity contribution in [2.24, 2.45) is 11.3 Å². The number of rotatable bonds is 4. The van der Waals surface area contributed by atoms with Crippen LogP contribution >= 0.6 is 0 Å². The molecule has 0 radical (unpaired) electrons. The molecule has 82 valence electrons. The molecule has 0 aromatic carbocycles. The third-order valence-corrected chi connectivity index (χ3v) is 3.63. The van der Waals surface area contributed by atoms with E-state index in [1.807, 2.05) is 19.1 Å². The molecule has 1 aliphatic carbocycles. The Kier molecular flexibility index (Phi) is 2.68. The molecule has 1 fully saturated rings. The van der Waals surface area contributed by atoms with Crippen LogP contribution in [0.5, 0.6) is 0 Å². The molecule has 1 N–H and O–H groups in total. The standard InChI is InChI=1S/C13H20N2/c1-10(2)13(7-8-13)9-14-12-6-4-5-11(3)15-12/h4-6,10H,7-9H2,1-3H3,(H,14,15). The lowest BCUT2D eigenvalue weighted by molar-refractivity contribution is 0.380. The van der Waals surface area contributed by atoms with Crippen molar-refractivity contribution in [1.29, 1.82) is 0 Å². The molecule has 2 heteroatoms. The Hall–Kier alpha value is -1.05. The first-order valence-electron chi connectivity index (χ1n) is 5.80. The van der Waals surface area contributed by atoms with E-state index in [0.717, 1.165) is 24.0 Å². The highest BCUT2D eigenvalue weighted by Gasteiger charge is 2.44. The monoisotopic (exact) mass is 204 g/mol.